The molecule has 1 N–H and O–H groups in total. The first-order valence-electron chi connectivity index (χ1n) is 40.8. The third kappa shape index (κ3) is 16.3. The van der Waals surface area contributed by atoms with Crippen LogP contribution in [0.15, 0.2) is 285 Å². The largest absolute Gasteiger partial charge is 2.00 e. The summed E-state index contributed by atoms with van der Waals surface area (Å²) in [6.45, 7) is 11.0. The topological polar surface area (TPSA) is 90.8 Å². The molecule has 3 aliphatic heterocycles. The van der Waals surface area contributed by atoms with Gasteiger partial charge in [-0.3, -0.25) is 19.7 Å². The summed E-state index contributed by atoms with van der Waals surface area (Å²) in [5.74, 6) is 4.96. The van der Waals surface area contributed by atoms with Crippen LogP contribution >= 0.6 is 0 Å². The van der Waals surface area contributed by atoms with Gasteiger partial charge in [-0.25, -0.2) is 0 Å². The molecule has 0 saturated heterocycles. The summed E-state index contributed by atoms with van der Waals surface area (Å²) in [5.41, 5.74) is 33.7. The molecule has 6 aromatic heterocycles. The maximum atomic E-state index is 10.0. The number of hydrogen-bond acceptors (Lipinski definition) is 6. The molecule has 11 heteroatoms. The van der Waals surface area contributed by atoms with Crippen molar-refractivity contribution in [3.05, 3.63) is 365 Å². The number of para-hydroxylation sites is 1. The van der Waals surface area contributed by atoms with Crippen molar-refractivity contribution in [1.29, 1.82) is 0 Å². The van der Waals surface area contributed by atoms with E-state index in [1.807, 2.05) is 152 Å². The summed E-state index contributed by atoms with van der Waals surface area (Å²) in [6.07, 6.45) is 27.8. The molecule has 0 spiro atoms. The third-order valence-electron chi connectivity index (χ3n) is 25.0. The molecule has 4 atom stereocenters. The quantitative estimate of drug-likeness (QED) is 0.0740. The number of carbonyl (C=O) groups is 1. The molecule has 576 valence electrons. The van der Waals surface area contributed by atoms with E-state index in [9.17, 15) is 4.79 Å². The number of anilines is 3. The minimum Gasteiger partial charge on any atom is -0.512 e. The number of allylic oxidation sites excluding steroid dienone is 2. The molecule has 10 aliphatic rings. The van der Waals surface area contributed by atoms with Gasteiger partial charge in [0.05, 0.1) is 22.4 Å². The molecule has 9 nitrogen and oxygen atoms in total. The average molecular weight is 1870 g/mol. The van der Waals surface area contributed by atoms with Gasteiger partial charge in [0.15, 0.2) is 44.0 Å². The zero-order valence-electron chi connectivity index (χ0n) is 65.8. The van der Waals surface area contributed by atoms with Crippen molar-refractivity contribution in [2.24, 2.45) is 11.3 Å². The molecular formula is C104H95N7O2Pt2+2. The van der Waals surface area contributed by atoms with Crippen LogP contribution in [0, 0.1) is 29.5 Å². The van der Waals surface area contributed by atoms with Crippen LogP contribution in [-0.2, 0) is 98.7 Å². The summed E-state index contributed by atoms with van der Waals surface area (Å²) < 4.78 is 7.37. The van der Waals surface area contributed by atoms with Gasteiger partial charge < -0.3 is 10.1 Å². The monoisotopic (exact) mass is 1860 g/mol. The summed E-state index contributed by atoms with van der Waals surface area (Å²) in [6, 6.07) is 96.1. The molecular weight excluding hydrogens is 1770 g/mol. The fraction of sp³-hybridized carbons (Fsp3) is 0.240. The molecule has 2 fully saturated rings. The smallest absolute Gasteiger partial charge is 0.512 e. The van der Waals surface area contributed by atoms with Gasteiger partial charge >= 0.3 is 21.1 Å². The van der Waals surface area contributed by atoms with Crippen LogP contribution in [0.5, 0.6) is 0 Å². The predicted octanol–water partition coefficient (Wildman–Crippen LogP) is 22.4. The van der Waals surface area contributed by atoms with Crippen LogP contribution in [0.4, 0.5) is 17.3 Å². The number of rotatable bonds is 7. The first-order valence-corrected chi connectivity index (χ1v) is 40.8. The van der Waals surface area contributed by atoms with E-state index in [0.29, 0.717) is 5.41 Å². The van der Waals surface area contributed by atoms with Crippen LogP contribution in [0.2, 0.25) is 0 Å². The summed E-state index contributed by atoms with van der Waals surface area (Å²) >= 11 is 0. The second kappa shape index (κ2) is 34.4. The van der Waals surface area contributed by atoms with Gasteiger partial charge in [-0.1, -0.05) is 98.8 Å². The third-order valence-corrected chi connectivity index (χ3v) is 25.0. The Morgan fingerprint density at radius 3 is 1.62 bits per heavy atom. The predicted molar refractivity (Wildman–Crippen MR) is 453 cm³/mol. The van der Waals surface area contributed by atoms with Gasteiger partial charge in [0, 0.05) is 91.1 Å². The molecule has 8 aromatic carbocycles. The number of nitrogens with zero attached hydrogens (tertiary/aromatic N) is 7. The number of aliphatic hydroxyl groups excluding tert-OH is 1. The number of benzene rings is 8. The van der Waals surface area contributed by atoms with Gasteiger partial charge in [-0.15, -0.1) is 108 Å². The Hall–Kier alpha value is -10.7. The fourth-order valence-electron chi connectivity index (χ4n) is 19.2. The first-order chi connectivity index (χ1) is 55.4. The summed E-state index contributed by atoms with van der Waals surface area (Å²) in [4.78, 5) is 26.4. The van der Waals surface area contributed by atoms with Gasteiger partial charge in [0.25, 0.3) is 0 Å². The molecule has 24 rings (SSSR count). The summed E-state index contributed by atoms with van der Waals surface area (Å²) in [7, 11) is 0. The van der Waals surface area contributed by atoms with E-state index < -0.39 is 0 Å². The SMILES string of the molecule is CC(=O)C=C(C)O.CC1(C)C2Cc3cc4[n+](cc3C1C2)Cc1cc2c(cc1-4)CCCC2.[Pt+2].[Pt].[c-]1ccccc1-c1cccc(N(c2ccccc2)c2cccc(-c3[c-]cccc3)n2)n1.[c-]1ccccc1-c1nccc2ccccc12.c1c2c(cc3c1C[n+]1cc4c(cc1-3)C1CCC4C1)CCCC2.c1ccc2c(c1)C[n+]1ccccc1-2. The van der Waals surface area contributed by atoms with Crippen molar-refractivity contribution in [3.8, 4) is 67.5 Å². The molecule has 2 saturated carbocycles. The van der Waals surface area contributed by atoms with E-state index >= 15 is 0 Å². The maximum absolute atomic E-state index is 10.0. The Kier molecular flexibility index (Phi) is 23.4. The van der Waals surface area contributed by atoms with Gasteiger partial charge in [-0.2, -0.15) is 13.7 Å². The van der Waals surface area contributed by atoms with Crippen LogP contribution in [0.25, 0.3) is 78.3 Å². The summed E-state index contributed by atoms with van der Waals surface area (Å²) in [5, 5.41) is 10.7. The van der Waals surface area contributed by atoms with E-state index in [4.69, 9.17) is 15.1 Å². The van der Waals surface area contributed by atoms with E-state index in [-0.39, 0.29) is 53.7 Å². The second-order valence-corrected chi connectivity index (χ2v) is 32.6. The Bertz CT molecular complexity index is 5790. The number of pyridine rings is 6. The van der Waals surface area contributed by atoms with Crippen LogP contribution in [-0.4, -0.2) is 25.8 Å². The van der Waals surface area contributed by atoms with E-state index in [2.05, 4.69) is 177 Å². The molecule has 14 aromatic rings. The van der Waals surface area contributed by atoms with Crippen LogP contribution < -0.4 is 18.6 Å². The molecule has 0 amide bonds. The van der Waals surface area contributed by atoms with E-state index in [1.165, 1.54) is 154 Å². The molecule has 4 unspecified atom stereocenters. The van der Waals surface area contributed by atoms with E-state index in [1.54, 1.807) is 55.6 Å². The fourth-order valence-corrected chi connectivity index (χ4v) is 19.2. The molecule has 0 radical (unpaired) electrons. The molecule has 7 aliphatic carbocycles. The Morgan fingerprint density at radius 1 is 0.487 bits per heavy atom. The van der Waals surface area contributed by atoms with Crippen LogP contribution in [0.1, 0.15) is 158 Å². The van der Waals surface area contributed by atoms with Gasteiger partial charge in [-0.05, 0) is 254 Å². The number of carbonyl (C=O) groups excluding carboxylic acids is 1. The van der Waals surface area contributed by atoms with Crippen molar-refractivity contribution in [1.82, 2.24) is 15.0 Å². The minimum absolute atomic E-state index is 0. The Balaban J connectivity index is 0.000000108. The van der Waals surface area contributed by atoms with Crippen molar-refractivity contribution in [3.63, 3.8) is 0 Å². The molecule has 9 heterocycles. The minimum atomic E-state index is -0.125. The number of aromatic nitrogens is 6. The van der Waals surface area contributed by atoms with Gasteiger partial charge in [0.2, 0.25) is 17.1 Å². The van der Waals surface area contributed by atoms with Crippen molar-refractivity contribution in [2.75, 3.05) is 4.90 Å². The van der Waals surface area contributed by atoms with Crippen molar-refractivity contribution in [2.45, 2.75) is 149 Å². The van der Waals surface area contributed by atoms with Gasteiger partial charge in [0.1, 0.15) is 11.6 Å². The standard InChI is InChI=1S/C28H19N3.C23H26N.C21H22N.C15H10N.C12H10N.C5H8O2.2Pt/c1-4-12-22(13-5-1)25-18-10-20-27(29-25)31(24-16-8-3-9-17-24)28-21-11-19-26(30-28)23-14-6-2-7-15-23;1-23(2)18-8-16-10-22-19-9-15-6-4-3-5-14(15)7-17(19)12-24(22)13-20(16)21(23)11-18;1-2-4-14-9-19-17(7-13(14)3-1)11-22-12-20-16-6-5-15(8-16)18(20)10-21(19)22;1-2-7-13(8-3-1)15-14-9-5-4-6-12(14)10-11-16-15;1-2-6-11-10(5-1)9-13-8-4-3-7-12(11)13;1-4(6)3-5(2)7;;/h1-12,14,16-21H;7,9-10,13,18,21H,3-6,8,11-12H2,1-2H3;7,9-10,12,15-16H,1-6,8,11H2;1-7,9-11H;1-8H,9H2;3,6H,1-2H3;;/q-2;2*+1;-1;+1;;;+2. The molecule has 115 heavy (non-hydrogen) atoms. The van der Waals surface area contributed by atoms with Crippen molar-refractivity contribution < 1.29 is 65.7 Å². The second-order valence-electron chi connectivity index (χ2n) is 32.6. The number of aliphatic hydroxyl groups is 1. The number of hydrogen-bond donors (Lipinski definition) is 1. The van der Waals surface area contributed by atoms with E-state index in [0.717, 1.165) is 94.4 Å². The van der Waals surface area contributed by atoms with Crippen molar-refractivity contribution >= 4 is 33.9 Å². The zero-order chi connectivity index (χ0) is 76.5. The maximum Gasteiger partial charge on any atom is 2.00 e. The normalized spacial score (nSPS) is 17.2. The Morgan fingerprint density at radius 2 is 1.03 bits per heavy atom. The number of fused-ring (bicyclic) bond motifs is 17. The number of ketones is 1. The van der Waals surface area contributed by atoms with Crippen LogP contribution in [0.3, 0.4) is 0 Å². The molecule has 4 bridgehead atoms. The zero-order valence-corrected chi connectivity index (χ0v) is 70.3. The Labute approximate surface area is 706 Å². The average Bonchev–Trinajstić information content (AvgIpc) is 1.70. The first kappa shape index (κ1) is 78.2. The number of aryl methyl sites for hydroxylation is 4.